The summed E-state index contributed by atoms with van der Waals surface area (Å²) in [5.74, 6) is -0.206. The van der Waals surface area contributed by atoms with Crippen LogP contribution in [-0.2, 0) is 6.18 Å². The standard InChI is InChI=1S/C21H18BrF3N2O/c1-11(2)27-20(28)13-5-8-15-16(10-18(26)19(22)17(15)9-13)12-3-6-14(7-4-12)21(23,24)25/h3-11H,26H2,1-2H3,(H,27,28). The third-order valence-electron chi connectivity index (χ3n) is 4.30. The monoisotopic (exact) mass is 450 g/mol. The van der Waals surface area contributed by atoms with Crippen molar-refractivity contribution in [2.45, 2.75) is 26.1 Å². The van der Waals surface area contributed by atoms with Crippen molar-refractivity contribution in [3.8, 4) is 11.1 Å². The number of benzene rings is 3. The van der Waals surface area contributed by atoms with Gasteiger partial charge < -0.3 is 11.1 Å². The molecule has 0 saturated heterocycles. The van der Waals surface area contributed by atoms with Gasteiger partial charge in [-0.15, -0.1) is 0 Å². The summed E-state index contributed by atoms with van der Waals surface area (Å²) in [7, 11) is 0. The number of anilines is 1. The fourth-order valence-electron chi connectivity index (χ4n) is 2.98. The topological polar surface area (TPSA) is 55.1 Å². The fraction of sp³-hybridized carbons (Fsp3) is 0.190. The highest BCUT2D eigenvalue weighted by molar-refractivity contribution is 9.10. The summed E-state index contributed by atoms with van der Waals surface area (Å²) in [6, 6.07) is 11.8. The van der Waals surface area contributed by atoms with E-state index in [2.05, 4.69) is 21.2 Å². The molecular formula is C21H18BrF3N2O. The molecule has 0 saturated carbocycles. The minimum absolute atomic E-state index is 0.00445. The first-order chi connectivity index (χ1) is 13.1. The first kappa shape index (κ1) is 20.2. The molecule has 1 amide bonds. The van der Waals surface area contributed by atoms with Gasteiger partial charge in [-0.3, -0.25) is 4.79 Å². The smallest absolute Gasteiger partial charge is 0.398 e. The van der Waals surface area contributed by atoms with Gasteiger partial charge >= 0.3 is 6.18 Å². The molecule has 0 bridgehead atoms. The Balaban J connectivity index is 2.14. The summed E-state index contributed by atoms with van der Waals surface area (Å²) in [4.78, 5) is 12.3. The average Bonchev–Trinajstić information content (AvgIpc) is 2.63. The molecule has 3 N–H and O–H groups in total. The number of nitrogens with two attached hydrogens (primary N) is 1. The molecule has 28 heavy (non-hydrogen) atoms. The third kappa shape index (κ3) is 3.99. The van der Waals surface area contributed by atoms with Crippen LogP contribution in [0.5, 0.6) is 0 Å². The van der Waals surface area contributed by atoms with Crippen LogP contribution < -0.4 is 11.1 Å². The van der Waals surface area contributed by atoms with E-state index in [0.717, 1.165) is 17.5 Å². The van der Waals surface area contributed by atoms with Gasteiger partial charge in [0, 0.05) is 21.8 Å². The molecule has 0 aliphatic carbocycles. The molecule has 3 rings (SSSR count). The Hall–Kier alpha value is -2.54. The van der Waals surface area contributed by atoms with E-state index in [-0.39, 0.29) is 11.9 Å². The lowest BCUT2D eigenvalue weighted by Crippen LogP contribution is -2.29. The highest BCUT2D eigenvalue weighted by atomic mass is 79.9. The molecule has 0 aromatic heterocycles. The van der Waals surface area contributed by atoms with Gasteiger partial charge in [0.15, 0.2) is 0 Å². The SMILES string of the molecule is CC(C)NC(=O)c1ccc2c(-c3ccc(C(F)(F)F)cc3)cc(N)c(Br)c2c1. The zero-order valence-electron chi connectivity index (χ0n) is 15.2. The molecule has 3 nitrogen and oxygen atoms in total. The summed E-state index contributed by atoms with van der Waals surface area (Å²) >= 11 is 3.45. The maximum Gasteiger partial charge on any atom is 0.416 e. The zero-order chi connectivity index (χ0) is 20.6. The summed E-state index contributed by atoms with van der Waals surface area (Å²) in [6.45, 7) is 3.74. The number of nitrogen functional groups attached to an aromatic ring is 1. The molecule has 0 spiro atoms. The van der Waals surface area contributed by atoms with E-state index in [4.69, 9.17) is 5.73 Å². The summed E-state index contributed by atoms with van der Waals surface area (Å²) < 4.78 is 39.2. The Kier molecular flexibility index (Phi) is 5.39. The molecule has 7 heteroatoms. The quantitative estimate of drug-likeness (QED) is 0.480. The van der Waals surface area contributed by atoms with E-state index < -0.39 is 11.7 Å². The van der Waals surface area contributed by atoms with Crippen LogP contribution >= 0.6 is 15.9 Å². The maximum absolute atomic E-state index is 12.8. The summed E-state index contributed by atoms with van der Waals surface area (Å²) in [6.07, 6.45) is -4.39. The van der Waals surface area contributed by atoms with Gasteiger partial charge in [0.2, 0.25) is 0 Å². The lowest BCUT2D eigenvalue weighted by molar-refractivity contribution is -0.137. The molecule has 0 fully saturated rings. The molecule has 0 unspecified atom stereocenters. The van der Waals surface area contributed by atoms with Crippen LogP contribution in [0.25, 0.3) is 21.9 Å². The summed E-state index contributed by atoms with van der Waals surface area (Å²) in [5.41, 5.74) is 7.61. The predicted octanol–water partition coefficient (Wildman–Crippen LogP) is 6.01. The molecule has 0 heterocycles. The number of halogens is 4. The second-order valence-electron chi connectivity index (χ2n) is 6.79. The van der Waals surface area contributed by atoms with Crippen LogP contribution in [0.2, 0.25) is 0 Å². The molecule has 0 atom stereocenters. The Labute approximate surface area is 168 Å². The number of nitrogens with one attached hydrogen (secondary N) is 1. The van der Waals surface area contributed by atoms with Crippen LogP contribution in [0.15, 0.2) is 53.0 Å². The molecular weight excluding hydrogens is 433 g/mol. The van der Waals surface area contributed by atoms with Crippen molar-refractivity contribution in [1.82, 2.24) is 5.32 Å². The number of carbonyl (C=O) groups is 1. The molecule has 0 aliphatic rings. The number of amides is 1. The van der Waals surface area contributed by atoms with Gasteiger partial charge in [0.1, 0.15) is 0 Å². The van der Waals surface area contributed by atoms with Crippen LogP contribution in [0, 0.1) is 0 Å². The first-order valence-corrected chi connectivity index (χ1v) is 9.37. The van der Waals surface area contributed by atoms with Gasteiger partial charge in [-0.2, -0.15) is 13.2 Å². The summed E-state index contributed by atoms with van der Waals surface area (Å²) in [5, 5.41) is 4.33. The number of alkyl halides is 3. The molecule has 3 aromatic rings. The molecule has 0 aliphatic heterocycles. The Morgan fingerprint density at radius 3 is 2.25 bits per heavy atom. The number of fused-ring (bicyclic) bond motifs is 1. The van der Waals surface area contributed by atoms with Gasteiger partial charge in [-0.1, -0.05) is 18.2 Å². The van der Waals surface area contributed by atoms with E-state index in [9.17, 15) is 18.0 Å². The minimum Gasteiger partial charge on any atom is -0.398 e. The number of hydrogen-bond donors (Lipinski definition) is 2. The third-order valence-corrected chi connectivity index (χ3v) is 5.19. The van der Waals surface area contributed by atoms with Crippen LogP contribution in [0.4, 0.5) is 18.9 Å². The van der Waals surface area contributed by atoms with Gasteiger partial charge in [0.05, 0.1) is 5.56 Å². The lowest BCUT2D eigenvalue weighted by Gasteiger charge is -2.14. The van der Waals surface area contributed by atoms with Crippen molar-refractivity contribution >= 4 is 38.3 Å². The normalized spacial score (nSPS) is 11.8. The fourth-order valence-corrected chi connectivity index (χ4v) is 3.42. The zero-order valence-corrected chi connectivity index (χ0v) is 16.8. The van der Waals surface area contributed by atoms with Gasteiger partial charge in [-0.25, -0.2) is 0 Å². The Bertz CT molecular complexity index is 1040. The minimum atomic E-state index is -4.39. The average molecular weight is 451 g/mol. The predicted molar refractivity (Wildman–Crippen MR) is 109 cm³/mol. The number of carbonyl (C=O) groups excluding carboxylic acids is 1. The van der Waals surface area contributed by atoms with Crippen molar-refractivity contribution < 1.29 is 18.0 Å². The molecule has 146 valence electrons. The largest absolute Gasteiger partial charge is 0.416 e. The van der Waals surface area contributed by atoms with Gasteiger partial charge in [0.25, 0.3) is 5.91 Å². The van der Waals surface area contributed by atoms with Crippen molar-refractivity contribution in [2.75, 3.05) is 5.73 Å². The van der Waals surface area contributed by atoms with Crippen molar-refractivity contribution in [3.63, 3.8) is 0 Å². The second-order valence-corrected chi connectivity index (χ2v) is 7.58. The van der Waals surface area contributed by atoms with Crippen LogP contribution in [0.3, 0.4) is 0 Å². The van der Waals surface area contributed by atoms with E-state index in [1.54, 1.807) is 24.3 Å². The maximum atomic E-state index is 12.8. The highest BCUT2D eigenvalue weighted by Crippen LogP contribution is 2.39. The molecule has 3 aromatic carbocycles. The van der Waals surface area contributed by atoms with E-state index in [0.29, 0.717) is 32.2 Å². The lowest BCUT2D eigenvalue weighted by atomic mass is 9.95. The van der Waals surface area contributed by atoms with E-state index in [1.165, 1.54) is 12.1 Å². The molecule has 0 radical (unpaired) electrons. The first-order valence-electron chi connectivity index (χ1n) is 8.58. The van der Waals surface area contributed by atoms with Crippen molar-refractivity contribution in [1.29, 1.82) is 0 Å². The number of hydrogen-bond acceptors (Lipinski definition) is 2. The van der Waals surface area contributed by atoms with Crippen molar-refractivity contribution in [2.24, 2.45) is 0 Å². The van der Waals surface area contributed by atoms with E-state index in [1.807, 2.05) is 13.8 Å². The van der Waals surface area contributed by atoms with Crippen LogP contribution in [0.1, 0.15) is 29.8 Å². The second kappa shape index (κ2) is 7.47. The Morgan fingerprint density at radius 1 is 1.04 bits per heavy atom. The van der Waals surface area contributed by atoms with E-state index >= 15 is 0 Å². The highest BCUT2D eigenvalue weighted by Gasteiger charge is 2.30. The number of rotatable bonds is 3. The van der Waals surface area contributed by atoms with Gasteiger partial charge in [-0.05, 0) is 82.0 Å². The van der Waals surface area contributed by atoms with Crippen molar-refractivity contribution in [3.05, 3.63) is 64.1 Å². The Morgan fingerprint density at radius 2 is 1.68 bits per heavy atom. The van der Waals surface area contributed by atoms with Crippen LogP contribution in [-0.4, -0.2) is 11.9 Å².